The Hall–Kier alpha value is -3.89. The Morgan fingerprint density at radius 1 is 1.03 bits per heavy atom. The molecule has 0 atom stereocenters. The van der Waals surface area contributed by atoms with E-state index in [1.54, 1.807) is 15.7 Å². The first-order valence-electron chi connectivity index (χ1n) is 13.1. The third kappa shape index (κ3) is 6.87. The number of para-hydroxylation sites is 1. The summed E-state index contributed by atoms with van der Waals surface area (Å²) in [5, 5.41) is 14.7. The molecule has 0 aliphatic carbocycles. The van der Waals surface area contributed by atoms with Gasteiger partial charge >= 0.3 is 0 Å². The maximum absolute atomic E-state index is 13.1. The molecule has 1 aliphatic rings. The number of rotatable bonds is 10. The van der Waals surface area contributed by atoms with Crippen molar-refractivity contribution in [2.75, 3.05) is 39.8 Å². The second-order valence-electron chi connectivity index (χ2n) is 9.41. The highest BCUT2D eigenvalue weighted by Gasteiger charge is 2.23. The monoisotopic (exact) mass is 497 g/mol. The Kier molecular flexibility index (Phi) is 9.12. The molecule has 192 valence electrons. The lowest BCUT2D eigenvalue weighted by molar-refractivity contribution is -0.128. The van der Waals surface area contributed by atoms with Crippen LogP contribution in [0.3, 0.4) is 0 Å². The Morgan fingerprint density at radius 2 is 1.76 bits per heavy atom. The summed E-state index contributed by atoms with van der Waals surface area (Å²) in [4.78, 5) is 17.1. The van der Waals surface area contributed by atoms with Crippen LogP contribution >= 0.6 is 0 Å². The number of piperazine rings is 1. The van der Waals surface area contributed by atoms with E-state index in [1.807, 2.05) is 67.8 Å². The number of likely N-dealkylation sites (N-methyl/N-ethyl adjacent to an activating group) is 1. The molecule has 0 unspecified atom stereocenters. The van der Waals surface area contributed by atoms with Gasteiger partial charge in [-0.05, 0) is 55.9 Å². The molecule has 1 saturated heterocycles. The molecule has 1 aliphatic heterocycles. The SMILES string of the molecule is CCCCCCOc1ccc(-c2nn(-c3ccccc3)cc2/C=C(\C#N)C(=O)N2CCN(C)CC2)cc1. The number of ether oxygens (including phenoxy) is 1. The van der Waals surface area contributed by atoms with Crippen molar-refractivity contribution >= 4 is 12.0 Å². The van der Waals surface area contributed by atoms with Crippen LogP contribution in [0.1, 0.15) is 38.2 Å². The number of hydrogen-bond donors (Lipinski definition) is 0. The van der Waals surface area contributed by atoms with Gasteiger partial charge in [0, 0.05) is 43.5 Å². The Labute approximate surface area is 219 Å². The van der Waals surface area contributed by atoms with Crippen molar-refractivity contribution in [2.45, 2.75) is 32.6 Å². The number of carbonyl (C=O) groups excluding carboxylic acids is 1. The van der Waals surface area contributed by atoms with Gasteiger partial charge in [0.1, 0.15) is 17.4 Å². The molecule has 0 N–H and O–H groups in total. The van der Waals surface area contributed by atoms with Crippen LogP contribution in [0, 0.1) is 11.3 Å². The molecule has 2 heterocycles. The van der Waals surface area contributed by atoms with Gasteiger partial charge in [-0.1, -0.05) is 44.4 Å². The second-order valence-corrected chi connectivity index (χ2v) is 9.41. The molecule has 7 nitrogen and oxygen atoms in total. The summed E-state index contributed by atoms with van der Waals surface area (Å²) in [6, 6.07) is 19.8. The molecular formula is C30H35N5O2. The molecule has 0 spiro atoms. The molecule has 0 saturated carbocycles. The van der Waals surface area contributed by atoms with Crippen LogP contribution in [0.15, 0.2) is 66.4 Å². The van der Waals surface area contributed by atoms with Crippen LogP contribution in [0.4, 0.5) is 0 Å². The molecule has 3 aromatic rings. The highest BCUT2D eigenvalue weighted by molar-refractivity contribution is 6.02. The summed E-state index contributed by atoms with van der Waals surface area (Å²) in [6.07, 6.45) is 8.19. The minimum Gasteiger partial charge on any atom is -0.494 e. The average molecular weight is 498 g/mol. The van der Waals surface area contributed by atoms with E-state index in [9.17, 15) is 10.1 Å². The lowest BCUT2D eigenvalue weighted by Crippen LogP contribution is -2.47. The molecule has 2 aromatic carbocycles. The van der Waals surface area contributed by atoms with Crippen molar-refractivity contribution in [2.24, 2.45) is 0 Å². The lowest BCUT2D eigenvalue weighted by Gasteiger charge is -2.32. The quantitative estimate of drug-likeness (QED) is 0.219. The molecule has 1 aromatic heterocycles. The maximum atomic E-state index is 13.1. The first-order chi connectivity index (χ1) is 18.1. The number of nitrogens with zero attached hydrogens (tertiary/aromatic N) is 5. The first kappa shape index (κ1) is 26.2. The summed E-state index contributed by atoms with van der Waals surface area (Å²) < 4.78 is 7.69. The number of hydrogen-bond acceptors (Lipinski definition) is 5. The molecule has 1 fully saturated rings. The van der Waals surface area contributed by atoms with Gasteiger partial charge in [-0.25, -0.2) is 4.68 Å². The van der Waals surface area contributed by atoms with Crippen LogP contribution < -0.4 is 4.74 Å². The fourth-order valence-corrected chi connectivity index (χ4v) is 4.34. The Bertz CT molecular complexity index is 1230. The molecular weight excluding hydrogens is 462 g/mol. The summed E-state index contributed by atoms with van der Waals surface area (Å²) in [5.74, 6) is 0.587. The second kappa shape index (κ2) is 12.9. The highest BCUT2D eigenvalue weighted by atomic mass is 16.5. The van der Waals surface area contributed by atoms with E-state index in [4.69, 9.17) is 9.84 Å². The van der Waals surface area contributed by atoms with Gasteiger partial charge < -0.3 is 14.5 Å². The average Bonchev–Trinajstić information content (AvgIpc) is 3.36. The number of nitriles is 1. The third-order valence-corrected chi connectivity index (χ3v) is 6.60. The predicted octanol–water partition coefficient (Wildman–Crippen LogP) is 5.18. The highest BCUT2D eigenvalue weighted by Crippen LogP contribution is 2.28. The normalized spacial score (nSPS) is 14.4. The Balaban J connectivity index is 1.61. The molecule has 0 radical (unpaired) electrons. The van der Waals surface area contributed by atoms with Crippen molar-refractivity contribution in [3.05, 3.63) is 71.9 Å². The van der Waals surface area contributed by atoms with E-state index >= 15 is 0 Å². The van der Waals surface area contributed by atoms with E-state index in [1.165, 1.54) is 19.3 Å². The van der Waals surface area contributed by atoms with Crippen LogP contribution in [0.25, 0.3) is 23.0 Å². The number of amides is 1. The van der Waals surface area contributed by atoms with Gasteiger partial charge in [0.25, 0.3) is 5.91 Å². The standard InChI is InChI=1S/C30H35N5O2/c1-3-4-5-9-20-37-28-14-12-24(13-15-28)29-26(23-35(32-29)27-10-7-6-8-11-27)21-25(22-31)30(36)34-18-16-33(2)17-19-34/h6-8,10-15,21,23H,3-5,9,16-20H2,1-2H3/b25-21+. The molecule has 7 heteroatoms. The van der Waals surface area contributed by atoms with E-state index in [0.29, 0.717) is 25.4 Å². The molecule has 4 rings (SSSR count). The molecule has 37 heavy (non-hydrogen) atoms. The molecule has 0 bridgehead atoms. The van der Waals surface area contributed by atoms with E-state index in [0.717, 1.165) is 42.1 Å². The number of carbonyl (C=O) groups is 1. The smallest absolute Gasteiger partial charge is 0.264 e. The fraction of sp³-hybridized carbons (Fsp3) is 0.367. The van der Waals surface area contributed by atoms with Crippen molar-refractivity contribution in [3.63, 3.8) is 0 Å². The van der Waals surface area contributed by atoms with Gasteiger partial charge in [0.2, 0.25) is 0 Å². The van der Waals surface area contributed by atoms with Crippen LogP contribution in [-0.2, 0) is 4.79 Å². The van der Waals surface area contributed by atoms with Crippen molar-refractivity contribution in [1.29, 1.82) is 5.26 Å². The number of aromatic nitrogens is 2. The van der Waals surface area contributed by atoms with E-state index < -0.39 is 0 Å². The number of unbranched alkanes of at least 4 members (excludes halogenated alkanes) is 3. The first-order valence-corrected chi connectivity index (χ1v) is 13.1. The van der Waals surface area contributed by atoms with Gasteiger partial charge in [-0.15, -0.1) is 0 Å². The van der Waals surface area contributed by atoms with Gasteiger partial charge in [-0.2, -0.15) is 10.4 Å². The topological polar surface area (TPSA) is 74.4 Å². The largest absolute Gasteiger partial charge is 0.494 e. The van der Waals surface area contributed by atoms with Crippen molar-refractivity contribution in [1.82, 2.24) is 19.6 Å². The van der Waals surface area contributed by atoms with Crippen LogP contribution in [0.5, 0.6) is 5.75 Å². The predicted molar refractivity (Wildman–Crippen MR) is 146 cm³/mol. The van der Waals surface area contributed by atoms with Gasteiger partial charge in [0.05, 0.1) is 18.0 Å². The zero-order chi connectivity index (χ0) is 26.0. The summed E-state index contributed by atoms with van der Waals surface area (Å²) in [7, 11) is 2.04. The lowest BCUT2D eigenvalue weighted by atomic mass is 10.1. The minimum atomic E-state index is -0.235. The van der Waals surface area contributed by atoms with Gasteiger partial charge in [0.15, 0.2) is 0 Å². The van der Waals surface area contributed by atoms with Gasteiger partial charge in [-0.3, -0.25) is 4.79 Å². The minimum absolute atomic E-state index is 0.116. The fourth-order valence-electron chi connectivity index (χ4n) is 4.34. The summed E-state index contributed by atoms with van der Waals surface area (Å²) in [6.45, 7) is 5.73. The van der Waals surface area contributed by atoms with Crippen LogP contribution in [-0.4, -0.2) is 65.3 Å². The summed E-state index contributed by atoms with van der Waals surface area (Å²) in [5.41, 5.74) is 3.33. The van der Waals surface area contributed by atoms with Crippen LogP contribution in [0.2, 0.25) is 0 Å². The zero-order valence-corrected chi connectivity index (χ0v) is 21.8. The molecule has 1 amide bonds. The Morgan fingerprint density at radius 3 is 2.43 bits per heavy atom. The summed E-state index contributed by atoms with van der Waals surface area (Å²) >= 11 is 0. The maximum Gasteiger partial charge on any atom is 0.264 e. The zero-order valence-electron chi connectivity index (χ0n) is 21.8. The van der Waals surface area contributed by atoms with Crippen molar-refractivity contribution in [3.8, 4) is 28.8 Å². The van der Waals surface area contributed by atoms with E-state index in [2.05, 4.69) is 17.9 Å². The third-order valence-electron chi connectivity index (χ3n) is 6.60. The number of benzene rings is 2. The van der Waals surface area contributed by atoms with E-state index in [-0.39, 0.29) is 11.5 Å². The van der Waals surface area contributed by atoms with Crippen molar-refractivity contribution < 1.29 is 9.53 Å².